The second-order valence-electron chi connectivity index (χ2n) is 13.5. The van der Waals surface area contributed by atoms with Crippen molar-refractivity contribution in [1.29, 1.82) is 0 Å². The SMILES string of the molecule is CC(C)(C)OC(=O)CC(=O)OCN1C(=O)CC(C)(C)c2ccc(OCCCCN3CCN(c4cccc5sccc45)CC3)cc21. The highest BCUT2D eigenvalue weighted by Gasteiger charge is 2.37. The maximum absolute atomic E-state index is 13.1. The molecule has 5 rings (SSSR count). The maximum atomic E-state index is 13.1. The Bertz CT molecular complexity index is 1520. The number of carbonyl (C=O) groups is 3. The molecular weight excluding hydrogens is 590 g/mol. The number of fused-ring (bicyclic) bond motifs is 2. The predicted molar refractivity (Wildman–Crippen MR) is 178 cm³/mol. The van der Waals surface area contributed by atoms with Crippen LogP contribution < -0.4 is 14.5 Å². The molecule has 0 saturated carbocycles. The number of benzene rings is 2. The summed E-state index contributed by atoms with van der Waals surface area (Å²) in [5.41, 5.74) is 1.91. The minimum atomic E-state index is -0.739. The van der Waals surface area contributed by atoms with Crippen LogP contribution in [0.15, 0.2) is 47.8 Å². The summed E-state index contributed by atoms with van der Waals surface area (Å²) in [6.07, 6.45) is 1.72. The van der Waals surface area contributed by atoms with Crippen LogP contribution in [0, 0.1) is 0 Å². The van der Waals surface area contributed by atoms with Crippen molar-refractivity contribution in [2.45, 2.75) is 71.3 Å². The van der Waals surface area contributed by atoms with E-state index in [1.807, 2.05) is 32.0 Å². The molecule has 2 aliphatic heterocycles. The third kappa shape index (κ3) is 8.35. The molecule has 0 bridgehead atoms. The van der Waals surface area contributed by atoms with Gasteiger partial charge in [0.05, 0.1) is 12.3 Å². The number of hydrogen-bond donors (Lipinski definition) is 0. The summed E-state index contributed by atoms with van der Waals surface area (Å²) in [7, 11) is 0. The second-order valence-corrected chi connectivity index (χ2v) is 14.4. The molecule has 0 aliphatic carbocycles. The normalized spacial score (nSPS) is 16.9. The second kappa shape index (κ2) is 13.8. The van der Waals surface area contributed by atoms with E-state index in [2.05, 4.69) is 39.4 Å². The van der Waals surface area contributed by atoms with Crippen LogP contribution in [0.3, 0.4) is 0 Å². The van der Waals surface area contributed by atoms with Crippen LogP contribution >= 0.6 is 11.3 Å². The molecule has 0 unspecified atom stereocenters. The van der Waals surface area contributed by atoms with E-state index in [-0.39, 0.29) is 24.5 Å². The smallest absolute Gasteiger partial charge is 0.318 e. The Balaban J connectivity index is 1.09. The van der Waals surface area contributed by atoms with Gasteiger partial charge in [-0.2, -0.15) is 0 Å². The quantitative estimate of drug-likeness (QED) is 0.141. The molecule has 3 aromatic rings. The number of amides is 1. The highest BCUT2D eigenvalue weighted by Crippen LogP contribution is 2.42. The molecule has 9 nitrogen and oxygen atoms in total. The van der Waals surface area contributed by atoms with Gasteiger partial charge in [0.25, 0.3) is 0 Å². The molecule has 2 aliphatic rings. The van der Waals surface area contributed by atoms with Crippen LogP contribution in [-0.4, -0.2) is 74.4 Å². The van der Waals surface area contributed by atoms with E-state index in [0.717, 1.165) is 51.1 Å². The largest absolute Gasteiger partial charge is 0.494 e. The van der Waals surface area contributed by atoms with Crippen molar-refractivity contribution in [1.82, 2.24) is 4.90 Å². The monoisotopic (exact) mass is 635 g/mol. The molecular formula is C35H45N3O6S. The zero-order valence-electron chi connectivity index (χ0n) is 27.1. The van der Waals surface area contributed by atoms with Crippen LogP contribution in [0.1, 0.15) is 65.9 Å². The van der Waals surface area contributed by atoms with Crippen molar-refractivity contribution in [3.8, 4) is 5.75 Å². The Morgan fingerprint density at radius 3 is 2.49 bits per heavy atom. The van der Waals surface area contributed by atoms with Crippen LogP contribution in [-0.2, 0) is 29.3 Å². The van der Waals surface area contributed by atoms with Crippen LogP contribution in [0.25, 0.3) is 10.1 Å². The number of ether oxygens (including phenoxy) is 3. The third-order valence-electron chi connectivity index (χ3n) is 8.27. The Morgan fingerprint density at radius 1 is 0.956 bits per heavy atom. The van der Waals surface area contributed by atoms with E-state index in [9.17, 15) is 14.4 Å². The van der Waals surface area contributed by atoms with E-state index < -0.39 is 24.0 Å². The summed E-state index contributed by atoms with van der Waals surface area (Å²) in [4.78, 5) is 43.9. The number of anilines is 2. The van der Waals surface area contributed by atoms with Gasteiger partial charge in [-0.1, -0.05) is 26.0 Å². The van der Waals surface area contributed by atoms with Gasteiger partial charge in [-0.05, 0) is 75.4 Å². The standard InChI is InChI=1S/C35H45N3O6S/c1-34(2,3)44-33(41)22-32(40)43-24-38-29-21-25(11-12-27(29)35(4,5)23-31(38)39)42-19-7-6-14-36-15-17-37(18-16-36)28-9-8-10-30-26(28)13-20-45-30/h8-13,20-21H,6-7,14-19,22-24H2,1-5H3. The molecule has 1 saturated heterocycles. The van der Waals surface area contributed by atoms with Gasteiger partial charge in [0.1, 0.15) is 17.8 Å². The number of esters is 2. The Morgan fingerprint density at radius 2 is 1.73 bits per heavy atom. The first-order valence-electron chi connectivity index (χ1n) is 15.8. The lowest BCUT2D eigenvalue weighted by atomic mass is 9.77. The number of unbranched alkanes of at least 4 members (excludes halogenated alkanes) is 1. The van der Waals surface area contributed by atoms with Crippen molar-refractivity contribution >= 4 is 50.6 Å². The van der Waals surface area contributed by atoms with Gasteiger partial charge in [0, 0.05) is 59.9 Å². The molecule has 1 amide bonds. The molecule has 45 heavy (non-hydrogen) atoms. The third-order valence-corrected chi connectivity index (χ3v) is 9.15. The molecule has 0 atom stereocenters. The van der Waals surface area contributed by atoms with Gasteiger partial charge in [-0.3, -0.25) is 24.2 Å². The lowest BCUT2D eigenvalue weighted by Gasteiger charge is -2.38. The predicted octanol–water partition coefficient (Wildman–Crippen LogP) is 6.13. The van der Waals surface area contributed by atoms with E-state index in [0.29, 0.717) is 18.0 Å². The van der Waals surface area contributed by atoms with Crippen molar-refractivity contribution < 1.29 is 28.6 Å². The molecule has 2 aromatic carbocycles. The van der Waals surface area contributed by atoms with Gasteiger partial charge >= 0.3 is 11.9 Å². The summed E-state index contributed by atoms with van der Waals surface area (Å²) in [5.74, 6) is -0.886. The minimum absolute atomic E-state index is 0.151. The highest BCUT2D eigenvalue weighted by atomic mass is 32.1. The zero-order valence-corrected chi connectivity index (χ0v) is 27.9. The number of rotatable bonds is 11. The van der Waals surface area contributed by atoms with E-state index in [1.165, 1.54) is 20.7 Å². The van der Waals surface area contributed by atoms with Crippen molar-refractivity contribution in [2.24, 2.45) is 0 Å². The van der Waals surface area contributed by atoms with Gasteiger partial charge in [0.2, 0.25) is 5.91 Å². The number of carbonyl (C=O) groups excluding carboxylic acids is 3. The van der Waals surface area contributed by atoms with Gasteiger partial charge in [0.15, 0.2) is 6.73 Å². The highest BCUT2D eigenvalue weighted by molar-refractivity contribution is 7.17. The summed E-state index contributed by atoms with van der Waals surface area (Å²) < 4.78 is 18.0. The fourth-order valence-corrected chi connectivity index (χ4v) is 6.83. The topological polar surface area (TPSA) is 88.6 Å². The van der Waals surface area contributed by atoms with Crippen LogP contribution in [0.2, 0.25) is 0 Å². The van der Waals surface area contributed by atoms with E-state index in [4.69, 9.17) is 14.2 Å². The first-order valence-corrected chi connectivity index (χ1v) is 16.7. The molecule has 0 spiro atoms. The molecule has 10 heteroatoms. The number of thiophene rings is 1. The Kier molecular flexibility index (Phi) is 10.0. The average Bonchev–Trinajstić information content (AvgIpc) is 3.45. The lowest BCUT2D eigenvalue weighted by Crippen LogP contribution is -2.46. The summed E-state index contributed by atoms with van der Waals surface area (Å²) >= 11 is 1.79. The average molecular weight is 636 g/mol. The Labute approximate surface area is 270 Å². The zero-order chi connectivity index (χ0) is 32.2. The molecule has 1 fully saturated rings. The van der Waals surface area contributed by atoms with E-state index >= 15 is 0 Å². The first-order chi connectivity index (χ1) is 21.4. The van der Waals surface area contributed by atoms with Crippen LogP contribution in [0.5, 0.6) is 5.75 Å². The fourth-order valence-electron chi connectivity index (χ4n) is 6.02. The Hall–Kier alpha value is -3.63. The summed E-state index contributed by atoms with van der Waals surface area (Å²) in [6.45, 7) is 14.7. The summed E-state index contributed by atoms with van der Waals surface area (Å²) in [5, 5.41) is 3.52. The molecule has 242 valence electrons. The first kappa shape index (κ1) is 32.8. The maximum Gasteiger partial charge on any atom is 0.318 e. The molecule has 3 heterocycles. The van der Waals surface area contributed by atoms with Crippen molar-refractivity contribution in [3.63, 3.8) is 0 Å². The lowest BCUT2D eigenvalue weighted by molar-refractivity contribution is -0.161. The van der Waals surface area contributed by atoms with Gasteiger partial charge < -0.3 is 19.1 Å². The fraction of sp³-hybridized carbons (Fsp3) is 0.514. The van der Waals surface area contributed by atoms with Crippen LogP contribution in [0.4, 0.5) is 11.4 Å². The van der Waals surface area contributed by atoms with Crippen molar-refractivity contribution in [3.05, 3.63) is 53.4 Å². The van der Waals surface area contributed by atoms with Crippen molar-refractivity contribution in [2.75, 3.05) is 55.9 Å². The summed E-state index contributed by atoms with van der Waals surface area (Å²) in [6, 6.07) is 14.6. The molecule has 0 N–H and O–H groups in total. The minimum Gasteiger partial charge on any atom is -0.494 e. The van der Waals surface area contributed by atoms with E-state index in [1.54, 1.807) is 32.1 Å². The van der Waals surface area contributed by atoms with Gasteiger partial charge in [-0.15, -0.1) is 11.3 Å². The molecule has 0 radical (unpaired) electrons. The number of nitrogens with zero attached hydrogens (tertiary/aromatic N) is 3. The number of piperazine rings is 1. The number of hydrogen-bond acceptors (Lipinski definition) is 9. The molecule has 1 aromatic heterocycles. The van der Waals surface area contributed by atoms with Gasteiger partial charge in [-0.25, -0.2) is 0 Å².